The minimum atomic E-state index is -3.14. The summed E-state index contributed by atoms with van der Waals surface area (Å²) in [5.41, 5.74) is -0.390. The van der Waals surface area contributed by atoms with Gasteiger partial charge in [-0.25, -0.2) is 8.42 Å². The van der Waals surface area contributed by atoms with E-state index in [0.29, 0.717) is 10.1 Å². The molecule has 4 nitrogen and oxygen atoms in total. The first-order valence-corrected chi connectivity index (χ1v) is 9.79. The van der Waals surface area contributed by atoms with Gasteiger partial charge in [0.25, 0.3) is 0 Å². The van der Waals surface area contributed by atoms with Crippen LogP contribution in [0.25, 0.3) is 0 Å². The lowest BCUT2D eigenvalue weighted by Crippen LogP contribution is -2.41. The highest BCUT2D eigenvalue weighted by Gasteiger charge is 2.39. The zero-order valence-electron chi connectivity index (χ0n) is 12.3. The monoisotopic (exact) mass is 324 g/mol. The molecule has 1 aliphatic carbocycles. The molecule has 1 aliphatic rings. The Bertz CT molecular complexity index is 635. The molecule has 2 atom stereocenters. The number of benzene rings is 1. The van der Waals surface area contributed by atoms with Gasteiger partial charge in [-0.05, 0) is 50.1 Å². The van der Waals surface area contributed by atoms with Crippen LogP contribution in [0.2, 0.25) is 0 Å². The van der Waals surface area contributed by atoms with Crippen molar-refractivity contribution in [2.24, 2.45) is 0 Å². The van der Waals surface area contributed by atoms with Crippen LogP contribution in [0.4, 0.5) is 0 Å². The fourth-order valence-electron chi connectivity index (χ4n) is 2.70. The Labute approximate surface area is 130 Å². The van der Waals surface area contributed by atoms with E-state index in [4.69, 9.17) is 0 Å². The topological polar surface area (TPSA) is 70.0 Å². The van der Waals surface area contributed by atoms with Crippen LogP contribution in [0.3, 0.4) is 0 Å². The number of nitrogens with zero attached hydrogens (tertiary/aromatic N) is 1. The van der Waals surface area contributed by atoms with Crippen molar-refractivity contribution in [1.29, 1.82) is 5.26 Å². The first-order valence-electron chi connectivity index (χ1n) is 7.01. The Balaban J connectivity index is 2.02. The molecule has 2 unspecified atom stereocenters. The van der Waals surface area contributed by atoms with Crippen molar-refractivity contribution >= 4 is 21.6 Å². The fraction of sp³-hybridized carbons (Fsp3) is 0.533. The zero-order valence-corrected chi connectivity index (χ0v) is 13.9. The number of nitrogens with one attached hydrogen (secondary N) is 1. The van der Waals surface area contributed by atoms with Crippen molar-refractivity contribution < 1.29 is 8.42 Å². The fourth-order valence-corrected chi connectivity index (χ4v) is 4.61. The Kier molecular flexibility index (Phi) is 4.97. The summed E-state index contributed by atoms with van der Waals surface area (Å²) < 4.78 is 22.9. The summed E-state index contributed by atoms with van der Waals surface area (Å²) in [6, 6.07) is 9.41. The maximum absolute atomic E-state index is 11.4. The molecule has 2 rings (SSSR count). The lowest BCUT2D eigenvalue weighted by atomic mass is 10.0. The van der Waals surface area contributed by atoms with Crippen LogP contribution in [0.15, 0.2) is 34.1 Å². The highest BCUT2D eigenvalue weighted by atomic mass is 32.2. The first kappa shape index (κ1) is 16.3. The predicted molar refractivity (Wildman–Crippen MR) is 85.1 cm³/mol. The van der Waals surface area contributed by atoms with Crippen LogP contribution in [0.5, 0.6) is 0 Å². The average molecular weight is 324 g/mol. The Morgan fingerprint density at radius 3 is 2.62 bits per heavy atom. The molecule has 0 bridgehead atoms. The van der Waals surface area contributed by atoms with E-state index in [9.17, 15) is 13.7 Å². The Morgan fingerprint density at radius 1 is 1.43 bits per heavy atom. The van der Waals surface area contributed by atoms with Crippen LogP contribution in [0, 0.1) is 11.3 Å². The van der Waals surface area contributed by atoms with Crippen molar-refractivity contribution in [3.63, 3.8) is 0 Å². The summed E-state index contributed by atoms with van der Waals surface area (Å²) in [6.07, 6.45) is 3.91. The van der Waals surface area contributed by atoms with Crippen molar-refractivity contribution in [2.45, 2.75) is 46.8 Å². The van der Waals surface area contributed by atoms with E-state index >= 15 is 0 Å². The van der Waals surface area contributed by atoms with E-state index in [2.05, 4.69) is 11.4 Å². The molecule has 1 aromatic carbocycles. The quantitative estimate of drug-likeness (QED) is 0.901. The number of hydrogen-bond acceptors (Lipinski definition) is 5. The van der Waals surface area contributed by atoms with Gasteiger partial charge in [0.2, 0.25) is 0 Å². The van der Waals surface area contributed by atoms with E-state index in [1.807, 2.05) is 19.1 Å². The molecule has 1 N–H and O–H groups in total. The van der Waals surface area contributed by atoms with Crippen LogP contribution in [0.1, 0.15) is 26.2 Å². The molecule has 1 aromatic rings. The van der Waals surface area contributed by atoms with Gasteiger partial charge < -0.3 is 0 Å². The number of rotatable bonds is 5. The molecule has 0 heterocycles. The smallest absolute Gasteiger partial charge is 0.175 e. The van der Waals surface area contributed by atoms with E-state index in [1.54, 1.807) is 23.9 Å². The number of hydrogen-bond donors (Lipinski definition) is 1. The Morgan fingerprint density at radius 2 is 2.10 bits per heavy atom. The third kappa shape index (κ3) is 4.00. The summed E-state index contributed by atoms with van der Waals surface area (Å²) >= 11 is 1.73. The molecule has 0 saturated heterocycles. The lowest BCUT2D eigenvalue weighted by Gasteiger charge is -2.21. The standard InChI is InChI=1S/C15H20N2O2S2/c1-3-17-15(11-16)9-8-13(10-15)20-12-4-6-14(7-5-12)21(2,18)19/h4-7,13,17H,3,8-10H2,1-2H3. The van der Waals surface area contributed by atoms with Crippen LogP contribution in [-0.4, -0.2) is 32.0 Å². The lowest BCUT2D eigenvalue weighted by molar-refractivity contribution is 0.436. The molecule has 6 heteroatoms. The van der Waals surface area contributed by atoms with Gasteiger partial charge in [-0.3, -0.25) is 5.32 Å². The molecular weight excluding hydrogens is 304 g/mol. The largest absolute Gasteiger partial charge is 0.300 e. The van der Waals surface area contributed by atoms with Gasteiger partial charge in [0.1, 0.15) is 5.54 Å². The van der Waals surface area contributed by atoms with Gasteiger partial charge in [-0.2, -0.15) is 5.26 Å². The maximum Gasteiger partial charge on any atom is 0.175 e. The predicted octanol–water partition coefficient (Wildman–Crippen LogP) is 2.61. The molecule has 0 radical (unpaired) electrons. The molecule has 1 saturated carbocycles. The van der Waals surface area contributed by atoms with Gasteiger partial charge in [0.05, 0.1) is 11.0 Å². The van der Waals surface area contributed by atoms with Gasteiger partial charge in [-0.1, -0.05) is 6.92 Å². The second-order valence-corrected chi connectivity index (χ2v) is 8.84. The van der Waals surface area contributed by atoms with Crippen molar-refractivity contribution in [3.05, 3.63) is 24.3 Å². The second-order valence-electron chi connectivity index (χ2n) is 5.45. The SMILES string of the molecule is CCNC1(C#N)CCC(Sc2ccc(S(C)(=O)=O)cc2)C1. The number of nitriles is 1. The summed E-state index contributed by atoms with van der Waals surface area (Å²) in [5, 5.41) is 13.1. The molecule has 0 spiro atoms. The maximum atomic E-state index is 11.4. The third-order valence-electron chi connectivity index (χ3n) is 3.75. The molecular formula is C15H20N2O2S2. The third-order valence-corrected chi connectivity index (χ3v) is 6.16. The minimum absolute atomic E-state index is 0.345. The normalized spacial score (nSPS) is 25.7. The molecule has 0 aromatic heterocycles. The van der Waals surface area contributed by atoms with E-state index < -0.39 is 9.84 Å². The number of thioether (sulfide) groups is 1. The van der Waals surface area contributed by atoms with Crippen molar-refractivity contribution in [2.75, 3.05) is 12.8 Å². The molecule has 1 fully saturated rings. The van der Waals surface area contributed by atoms with Crippen molar-refractivity contribution in [1.82, 2.24) is 5.32 Å². The van der Waals surface area contributed by atoms with Gasteiger partial charge in [0, 0.05) is 16.4 Å². The number of sulfone groups is 1. The second kappa shape index (κ2) is 6.39. The van der Waals surface area contributed by atoms with Gasteiger partial charge in [0.15, 0.2) is 9.84 Å². The van der Waals surface area contributed by atoms with E-state index in [-0.39, 0.29) is 5.54 Å². The highest BCUT2D eigenvalue weighted by Crippen LogP contribution is 2.40. The Hall–Kier alpha value is -1.03. The van der Waals surface area contributed by atoms with E-state index in [1.165, 1.54) is 6.26 Å². The first-order chi connectivity index (χ1) is 9.88. The molecule has 0 aliphatic heterocycles. The summed E-state index contributed by atoms with van der Waals surface area (Å²) in [7, 11) is -3.14. The van der Waals surface area contributed by atoms with Crippen LogP contribution in [-0.2, 0) is 9.84 Å². The van der Waals surface area contributed by atoms with Crippen LogP contribution >= 0.6 is 11.8 Å². The van der Waals surface area contributed by atoms with Crippen molar-refractivity contribution in [3.8, 4) is 6.07 Å². The summed E-state index contributed by atoms with van der Waals surface area (Å²) in [5.74, 6) is 0. The molecule has 114 valence electrons. The van der Waals surface area contributed by atoms with Crippen LogP contribution < -0.4 is 5.32 Å². The average Bonchev–Trinajstić information content (AvgIpc) is 2.82. The highest BCUT2D eigenvalue weighted by molar-refractivity contribution is 8.00. The van der Waals surface area contributed by atoms with E-state index in [0.717, 1.165) is 30.7 Å². The molecule has 0 amide bonds. The van der Waals surface area contributed by atoms with Gasteiger partial charge in [-0.15, -0.1) is 11.8 Å². The van der Waals surface area contributed by atoms with Gasteiger partial charge >= 0.3 is 0 Å². The summed E-state index contributed by atoms with van der Waals surface area (Å²) in [4.78, 5) is 1.40. The zero-order chi connectivity index (χ0) is 15.5. The molecule has 21 heavy (non-hydrogen) atoms. The minimum Gasteiger partial charge on any atom is -0.300 e. The summed E-state index contributed by atoms with van der Waals surface area (Å²) in [6.45, 7) is 2.82.